The zero-order chi connectivity index (χ0) is 24.2. The molecule has 1 aromatic heterocycles. The van der Waals surface area contributed by atoms with Gasteiger partial charge < -0.3 is 25.7 Å². The summed E-state index contributed by atoms with van der Waals surface area (Å²) in [5, 5.41) is 8.61. The van der Waals surface area contributed by atoms with Crippen molar-refractivity contribution in [3.05, 3.63) is 68.9 Å². The summed E-state index contributed by atoms with van der Waals surface area (Å²) < 4.78 is 6.62. The minimum absolute atomic E-state index is 0.0625. The third-order valence-corrected chi connectivity index (χ3v) is 5.62. The third kappa shape index (κ3) is 5.18. The molecular formula is C24H27N5O5. The van der Waals surface area contributed by atoms with Crippen LogP contribution in [0.4, 0.5) is 16.2 Å². The number of aromatic amines is 1. The van der Waals surface area contributed by atoms with Gasteiger partial charge in [0.25, 0.3) is 11.5 Å². The molecule has 0 unspecified atom stereocenters. The van der Waals surface area contributed by atoms with Gasteiger partial charge in [-0.15, -0.1) is 0 Å². The van der Waals surface area contributed by atoms with Crippen LogP contribution in [-0.2, 0) is 4.74 Å². The molecule has 1 atom stereocenters. The first-order valence-corrected chi connectivity index (χ1v) is 11.2. The number of benzene rings is 2. The van der Waals surface area contributed by atoms with Crippen LogP contribution in [-0.4, -0.2) is 40.7 Å². The van der Waals surface area contributed by atoms with E-state index in [4.69, 9.17) is 4.74 Å². The van der Waals surface area contributed by atoms with E-state index in [0.717, 1.165) is 24.0 Å². The number of nitrogens with one attached hydrogen (secondary N) is 4. The van der Waals surface area contributed by atoms with Crippen LogP contribution in [0.5, 0.6) is 0 Å². The molecule has 1 fully saturated rings. The summed E-state index contributed by atoms with van der Waals surface area (Å²) in [5.41, 5.74) is 0.775. The highest BCUT2D eigenvalue weighted by Gasteiger charge is 2.16. The predicted molar refractivity (Wildman–Crippen MR) is 130 cm³/mol. The summed E-state index contributed by atoms with van der Waals surface area (Å²) in [7, 11) is 0. The maximum Gasteiger partial charge on any atom is 0.329 e. The lowest BCUT2D eigenvalue weighted by molar-refractivity contribution is 0.102. The number of urea groups is 1. The number of carbonyl (C=O) groups is 2. The van der Waals surface area contributed by atoms with Crippen molar-refractivity contribution >= 4 is 34.2 Å². The van der Waals surface area contributed by atoms with Crippen molar-refractivity contribution in [3.63, 3.8) is 0 Å². The van der Waals surface area contributed by atoms with Crippen LogP contribution in [0.2, 0.25) is 0 Å². The normalized spacial score (nSPS) is 15.4. The molecule has 3 amide bonds. The number of hydrogen-bond donors (Lipinski definition) is 4. The van der Waals surface area contributed by atoms with Crippen molar-refractivity contribution in [1.29, 1.82) is 0 Å². The maximum absolute atomic E-state index is 12.7. The van der Waals surface area contributed by atoms with Gasteiger partial charge in [0.2, 0.25) is 0 Å². The second kappa shape index (κ2) is 9.92. The molecule has 1 aliphatic heterocycles. The Kier molecular flexibility index (Phi) is 6.78. The van der Waals surface area contributed by atoms with Crippen LogP contribution >= 0.6 is 0 Å². The molecule has 0 spiro atoms. The Labute approximate surface area is 195 Å². The molecule has 2 heterocycles. The standard InChI is InChI=1S/C24H27N5O5/c1-14(2)29-22(31)19-10-5-15(12-20(19)28-24(29)33)21(30)26-16-6-8-17(9-7-16)27-23(32)25-13-18-4-3-11-34-18/h5-10,12,14,18H,3-4,11,13H2,1-2H3,(H,26,30)(H,28,33)(H2,25,27,32)/t18-/m1/s1. The quantitative estimate of drug-likeness (QED) is 0.444. The second-order valence-corrected chi connectivity index (χ2v) is 8.46. The number of aromatic nitrogens is 2. The summed E-state index contributed by atoms with van der Waals surface area (Å²) in [4.78, 5) is 52.2. The van der Waals surface area contributed by atoms with E-state index in [2.05, 4.69) is 20.9 Å². The summed E-state index contributed by atoms with van der Waals surface area (Å²) in [6.07, 6.45) is 2.01. The van der Waals surface area contributed by atoms with E-state index in [-0.39, 0.29) is 18.2 Å². The molecule has 0 bridgehead atoms. The number of amides is 3. The average Bonchev–Trinajstić information content (AvgIpc) is 3.32. The zero-order valence-electron chi connectivity index (χ0n) is 19.0. The molecule has 34 heavy (non-hydrogen) atoms. The van der Waals surface area contributed by atoms with Gasteiger partial charge in [-0.05, 0) is 69.2 Å². The van der Waals surface area contributed by atoms with Gasteiger partial charge in [0.1, 0.15) is 0 Å². The largest absolute Gasteiger partial charge is 0.376 e. The van der Waals surface area contributed by atoms with Crippen LogP contribution in [0.3, 0.4) is 0 Å². The molecule has 0 radical (unpaired) electrons. The van der Waals surface area contributed by atoms with Gasteiger partial charge in [0.05, 0.1) is 17.0 Å². The number of carbonyl (C=O) groups excluding carboxylic acids is 2. The topological polar surface area (TPSA) is 134 Å². The van der Waals surface area contributed by atoms with Crippen LogP contribution < -0.4 is 27.2 Å². The van der Waals surface area contributed by atoms with Gasteiger partial charge >= 0.3 is 11.7 Å². The molecule has 3 aromatic rings. The van der Waals surface area contributed by atoms with Crippen molar-refractivity contribution in [2.75, 3.05) is 23.8 Å². The molecule has 4 rings (SSSR count). The molecule has 10 nitrogen and oxygen atoms in total. The molecule has 2 aromatic carbocycles. The number of hydrogen-bond acceptors (Lipinski definition) is 5. The number of rotatable bonds is 6. The highest BCUT2D eigenvalue weighted by atomic mass is 16.5. The molecule has 1 aliphatic rings. The Balaban J connectivity index is 1.40. The minimum atomic E-state index is -0.520. The fourth-order valence-corrected chi connectivity index (χ4v) is 3.87. The van der Waals surface area contributed by atoms with E-state index in [1.165, 1.54) is 18.2 Å². The Bertz CT molecular complexity index is 1320. The Hall–Kier alpha value is -3.92. The second-order valence-electron chi connectivity index (χ2n) is 8.46. The lowest BCUT2D eigenvalue weighted by Crippen LogP contribution is -2.36. The van der Waals surface area contributed by atoms with Gasteiger partial charge in [0, 0.05) is 36.1 Å². The Morgan fingerprint density at radius 2 is 1.79 bits per heavy atom. The SMILES string of the molecule is CC(C)n1c(=O)[nH]c2cc(C(=O)Nc3ccc(NC(=O)NC[C@H]4CCCO4)cc3)ccc2c1=O. The van der Waals surface area contributed by atoms with Crippen molar-refractivity contribution in [1.82, 2.24) is 14.9 Å². The number of ether oxygens (including phenoxy) is 1. The van der Waals surface area contributed by atoms with E-state index in [9.17, 15) is 19.2 Å². The van der Waals surface area contributed by atoms with Gasteiger partial charge in [-0.3, -0.25) is 14.2 Å². The first-order chi connectivity index (χ1) is 16.3. The van der Waals surface area contributed by atoms with Gasteiger partial charge in [0.15, 0.2) is 0 Å². The van der Waals surface area contributed by atoms with Crippen molar-refractivity contribution in [2.24, 2.45) is 0 Å². The summed E-state index contributed by atoms with van der Waals surface area (Å²) >= 11 is 0. The monoisotopic (exact) mass is 465 g/mol. The molecule has 1 saturated heterocycles. The molecular weight excluding hydrogens is 438 g/mol. The van der Waals surface area contributed by atoms with Crippen molar-refractivity contribution in [3.8, 4) is 0 Å². The van der Waals surface area contributed by atoms with Gasteiger partial charge in [-0.25, -0.2) is 9.59 Å². The van der Waals surface area contributed by atoms with Crippen LogP contribution in [0.25, 0.3) is 10.9 Å². The van der Waals surface area contributed by atoms with Crippen molar-refractivity contribution < 1.29 is 14.3 Å². The van der Waals surface area contributed by atoms with E-state index >= 15 is 0 Å². The van der Waals surface area contributed by atoms with Gasteiger partial charge in [-0.1, -0.05) is 0 Å². The van der Waals surface area contributed by atoms with Crippen LogP contribution in [0.15, 0.2) is 52.1 Å². The first-order valence-electron chi connectivity index (χ1n) is 11.2. The van der Waals surface area contributed by atoms with E-state index in [1.807, 2.05) is 0 Å². The Morgan fingerprint density at radius 3 is 2.44 bits per heavy atom. The van der Waals surface area contributed by atoms with Crippen LogP contribution in [0.1, 0.15) is 43.1 Å². The lowest BCUT2D eigenvalue weighted by Gasteiger charge is -2.12. The molecule has 178 valence electrons. The third-order valence-electron chi connectivity index (χ3n) is 5.62. The van der Waals surface area contributed by atoms with Gasteiger partial charge in [-0.2, -0.15) is 0 Å². The number of anilines is 2. The highest BCUT2D eigenvalue weighted by Crippen LogP contribution is 2.16. The number of nitrogens with zero attached hydrogens (tertiary/aromatic N) is 1. The lowest BCUT2D eigenvalue weighted by atomic mass is 10.1. The molecule has 10 heteroatoms. The molecule has 4 N–H and O–H groups in total. The van der Waals surface area contributed by atoms with E-state index in [1.54, 1.807) is 38.1 Å². The van der Waals surface area contributed by atoms with Crippen LogP contribution in [0, 0.1) is 0 Å². The number of H-pyrrole nitrogens is 1. The first kappa shape index (κ1) is 23.2. The zero-order valence-corrected chi connectivity index (χ0v) is 19.0. The smallest absolute Gasteiger partial charge is 0.329 e. The fraction of sp³-hybridized carbons (Fsp3) is 0.333. The fourth-order valence-electron chi connectivity index (χ4n) is 3.87. The maximum atomic E-state index is 12.7. The summed E-state index contributed by atoms with van der Waals surface area (Å²) in [6, 6.07) is 10.6. The highest BCUT2D eigenvalue weighted by molar-refractivity contribution is 6.06. The van der Waals surface area contributed by atoms with E-state index < -0.39 is 17.2 Å². The average molecular weight is 466 g/mol. The van der Waals surface area contributed by atoms with Crippen molar-refractivity contribution in [2.45, 2.75) is 38.8 Å². The minimum Gasteiger partial charge on any atom is -0.376 e. The molecule has 0 aliphatic carbocycles. The summed E-state index contributed by atoms with van der Waals surface area (Å²) in [6.45, 7) is 4.70. The number of fused-ring (bicyclic) bond motifs is 1. The molecule has 0 saturated carbocycles. The predicted octanol–water partition coefficient (Wildman–Crippen LogP) is 2.82. The Morgan fingerprint density at radius 1 is 1.09 bits per heavy atom. The van der Waals surface area contributed by atoms with E-state index in [0.29, 0.717) is 34.4 Å². The summed E-state index contributed by atoms with van der Waals surface area (Å²) in [5.74, 6) is -0.397.